The van der Waals surface area contributed by atoms with Crippen LogP contribution in [0.25, 0.3) is 0 Å². The lowest BCUT2D eigenvalue weighted by Gasteiger charge is -2.12. The van der Waals surface area contributed by atoms with Gasteiger partial charge in [0.05, 0.1) is 0 Å². The van der Waals surface area contributed by atoms with Crippen molar-refractivity contribution in [3.63, 3.8) is 0 Å². The second-order valence-corrected chi connectivity index (χ2v) is 6.47. The highest BCUT2D eigenvalue weighted by molar-refractivity contribution is 6.31. The van der Waals surface area contributed by atoms with E-state index in [0.29, 0.717) is 17.5 Å². The normalized spacial score (nSPS) is 10.6. The molecule has 26 heavy (non-hydrogen) atoms. The Balaban J connectivity index is 1.67. The third-order valence-electron chi connectivity index (χ3n) is 4.00. The molecule has 0 aliphatic rings. The average Bonchev–Trinajstić information content (AvgIpc) is 2.60. The van der Waals surface area contributed by atoms with Crippen LogP contribution >= 0.6 is 11.6 Å². The number of halogens is 2. The van der Waals surface area contributed by atoms with Gasteiger partial charge in [-0.1, -0.05) is 29.8 Å². The predicted molar refractivity (Wildman–Crippen MR) is 105 cm³/mol. The van der Waals surface area contributed by atoms with Crippen LogP contribution in [0, 0.1) is 19.7 Å². The Kier molecular flexibility index (Phi) is 5.68. The molecule has 1 aromatic heterocycles. The molecule has 0 saturated heterocycles. The summed E-state index contributed by atoms with van der Waals surface area (Å²) in [5.74, 6) is 1.03. The molecule has 6 heteroatoms. The molecular formula is C20H20ClFN4. The van der Waals surface area contributed by atoms with Crippen molar-refractivity contribution in [2.45, 2.75) is 20.3 Å². The molecule has 3 aromatic rings. The zero-order valence-electron chi connectivity index (χ0n) is 14.7. The highest BCUT2D eigenvalue weighted by atomic mass is 35.5. The van der Waals surface area contributed by atoms with Gasteiger partial charge in [0.25, 0.3) is 0 Å². The molecule has 0 radical (unpaired) electrons. The second-order valence-electron chi connectivity index (χ2n) is 6.06. The van der Waals surface area contributed by atoms with E-state index in [4.69, 9.17) is 11.6 Å². The number of rotatable bonds is 6. The summed E-state index contributed by atoms with van der Waals surface area (Å²) in [6, 6.07) is 14.1. The monoisotopic (exact) mass is 370 g/mol. The van der Waals surface area contributed by atoms with Gasteiger partial charge in [0.1, 0.15) is 11.6 Å². The van der Waals surface area contributed by atoms with Crippen molar-refractivity contribution in [1.29, 1.82) is 0 Å². The zero-order valence-corrected chi connectivity index (χ0v) is 15.4. The second kappa shape index (κ2) is 8.15. The fourth-order valence-electron chi connectivity index (χ4n) is 2.56. The van der Waals surface area contributed by atoms with E-state index in [-0.39, 0.29) is 5.82 Å². The van der Waals surface area contributed by atoms with Gasteiger partial charge in [-0.2, -0.15) is 4.98 Å². The van der Waals surface area contributed by atoms with Crippen LogP contribution in [0.2, 0.25) is 5.02 Å². The van der Waals surface area contributed by atoms with Gasteiger partial charge < -0.3 is 10.6 Å². The first-order valence-electron chi connectivity index (χ1n) is 8.37. The Morgan fingerprint density at radius 2 is 1.81 bits per heavy atom. The number of anilines is 3. The SMILES string of the molecule is Cc1cc(NCCc2ccc(F)cc2)nc(Nc2cccc(Cl)c2C)n1. The summed E-state index contributed by atoms with van der Waals surface area (Å²) in [5.41, 5.74) is 3.74. The molecule has 0 aliphatic carbocycles. The minimum Gasteiger partial charge on any atom is -0.370 e. The minimum atomic E-state index is -0.222. The molecule has 4 nitrogen and oxygen atoms in total. The van der Waals surface area contributed by atoms with Gasteiger partial charge in [-0.3, -0.25) is 0 Å². The maximum Gasteiger partial charge on any atom is 0.229 e. The molecule has 0 bridgehead atoms. The molecule has 2 aromatic carbocycles. The highest BCUT2D eigenvalue weighted by Gasteiger charge is 2.06. The van der Waals surface area contributed by atoms with Crippen LogP contribution < -0.4 is 10.6 Å². The molecule has 134 valence electrons. The number of hydrogen-bond donors (Lipinski definition) is 2. The van der Waals surface area contributed by atoms with Gasteiger partial charge in [0.2, 0.25) is 5.95 Å². The van der Waals surface area contributed by atoms with Crippen LogP contribution in [0.5, 0.6) is 0 Å². The van der Waals surface area contributed by atoms with Gasteiger partial charge in [0.15, 0.2) is 0 Å². The quantitative estimate of drug-likeness (QED) is 0.619. The molecule has 0 atom stereocenters. The van der Waals surface area contributed by atoms with E-state index in [1.807, 2.05) is 38.1 Å². The van der Waals surface area contributed by atoms with E-state index in [2.05, 4.69) is 20.6 Å². The summed E-state index contributed by atoms with van der Waals surface area (Å²) in [4.78, 5) is 8.94. The molecular weight excluding hydrogens is 351 g/mol. The Bertz CT molecular complexity index is 897. The van der Waals surface area contributed by atoms with Crippen molar-refractivity contribution in [1.82, 2.24) is 9.97 Å². The Labute approximate surface area is 157 Å². The lowest BCUT2D eigenvalue weighted by Crippen LogP contribution is -2.09. The molecule has 3 rings (SSSR count). The smallest absolute Gasteiger partial charge is 0.229 e. The van der Waals surface area contributed by atoms with Crippen LogP contribution in [0.15, 0.2) is 48.5 Å². The van der Waals surface area contributed by atoms with Gasteiger partial charge in [0, 0.05) is 29.0 Å². The third kappa shape index (κ3) is 4.70. The lowest BCUT2D eigenvalue weighted by atomic mass is 10.1. The van der Waals surface area contributed by atoms with Crippen molar-refractivity contribution in [2.75, 3.05) is 17.2 Å². The van der Waals surface area contributed by atoms with Crippen LogP contribution in [0.3, 0.4) is 0 Å². The van der Waals surface area contributed by atoms with Crippen LogP contribution in [0.1, 0.15) is 16.8 Å². The summed E-state index contributed by atoms with van der Waals surface area (Å²) < 4.78 is 12.9. The van der Waals surface area contributed by atoms with E-state index in [1.165, 1.54) is 12.1 Å². The van der Waals surface area contributed by atoms with Crippen molar-refractivity contribution in [3.05, 3.63) is 76.2 Å². The third-order valence-corrected chi connectivity index (χ3v) is 4.41. The molecule has 0 fully saturated rings. The van der Waals surface area contributed by atoms with Gasteiger partial charge >= 0.3 is 0 Å². The molecule has 0 unspecified atom stereocenters. The standard InChI is InChI=1S/C20H20ClFN4/c1-13-12-19(23-11-10-15-6-8-16(22)9-7-15)26-20(24-13)25-18-5-3-4-17(21)14(18)2/h3-9,12H,10-11H2,1-2H3,(H2,23,24,25,26). The Morgan fingerprint density at radius 1 is 1.04 bits per heavy atom. The summed E-state index contributed by atoms with van der Waals surface area (Å²) in [5, 5.41) is 7.20. The topological polar surface area (TPSA) is 49.8 Å². The molecule has 0 spiro atoms. The first-order valence-corrected chi connectivity index (χ1v) is 8.75. The fraction of sp³-hybridized carbons (Fsp3) is 0.200. The van der Waals surface area contributed by atoms with Gasteiger partial charge in [-0.15, -0.1) is 0 Å². The van der Waals surface area contributed by atoms with E-state index in [0.717, 1.165) is 34.7 Å². The van der Waals surface area contributed by atoms with Crippen LogP contribution in [0.4, 0.5) is 21.8 Å². The minimum absolute atomic E-state index is 0.222. The fourth-order valence-corrected chi connectivity index (χ4v) is 2.74. The zero-order chi connectivity index (χ0) is 18.5. The molecule has 0 aliphatic heterocycles. The molecule has 2 N–H and O–H groups in total. The average molecular weight is 371 g/mol. The highest BCUT2D eigenvalue weighted by Crippen LogP contribution is 2.25. The number of nitrogens with zero attached hydrogens (tertiary/aromatic N) is 2. The van der Waals surface area contributed by atoms with Crippen LogP contribution in [-0.4, -0.2) is 16.5 Å². The predicted octanol–water partition coefficient (Wildman–Crippen LogP) is 5.28. The summed E-state index contributed by atoms with van der Waals surface area (Å²) in [6.07, 6.45) is 0.777. The summed E-state index contributed by atoms with van der Waals surface area (Å²) >= 11 is 6.16. The number of nitrogens with one attached hydrogen (secondary N) is 2. The lowest BCUT2D eigenvalue weighted by molar-refractivity contribution is 0.627. The molecule has 0 saturated carbocycles. The number of benzene rings is 2. The molecule has 1 heterocycles. The first-order chi connectivity index (χ1) is 12.5. The maximum absolute atomic E-state index is 12.9. The van der Waals surface area contributed by atoms with E-state index in [1.54, 1.807) is 12.1 Å². The first kappa shape index (κ1) is 18.1. The van der Waals surface area contributed by atoms with Gasteiger partial charge in [-0.05, 0) is 55.7 Å². The van der Waals surface area contributed by atoms with E-state index in [9.17, 15) is 4.39 Å². The van der Waals surface area contributed by atoms with Gasteiger partial charge in [-0.25, -0.2) is 9.37 Å². The number of hydrogen-bond acceptors (Lipinski definition) is 4. The summed E-state index contributed by atoms with van der Waals surface area (Å²) in [7, 11) is 0. The molecule has 0 amide bonds. The number of aryl methyl sites for hydroxylation is 1. The van der Waals surface area contributed by atoms with Crippen molar-refractivity contribution in [2.24, 2.45) is 0 Å². The van der Waals surface area contributed by atoms with Crippen molar-refractivity contribution < 1.29 is 4.39 Å². The Hall–Kier alpha value is -2.66. The Morgan fingerprint density at radius 3 is 2.58 bits per heavy atom. The van der Waals surface area contributed by atoms with E-state index >= 15 is 0 Å². The largest absolute Gasteiger partial charge is 0.370 e. The number of aromatic nitrogens is 2. The summed E-state index contributed by atoms with van der Waals surface area (Å²) in [6.45, 7) is 4.56. The van der Waals surface area contributed by atoms with Crippen LogP contribution in [-0.2, 0) is 6.42 Å². The van der Waals surface area contributed by atoms with Crippen molar-refractivity contribution >= 4 is 29.1 Å². The van der Waals surface area contributed by atoms with Crippen molar-refractivity contribution in [3.8, 4) is 0 Å². The van der Waals surface area contributed by atoms with E-state index < -0.39 is 0 Å². The maximum atomic E-state index is 12.9.